The van der Waals surface area contributed by atoms with Crippen LogP contribution in [0.2, 0.25) is 25.7 Å². The summed E-state index contributed by atoms with van der Waals surface area (Å²) in [5.74, 6) is 0. The summed E-state index contributed by atoms with van der Waals surface area (Å²) in [6.07, 6.45) is 3.40. The third kappa shape index (κ3) is 3.88. The lowest BCUT2D eigenvalue weighted by molar-refractivity contribution is 0.0886. The normalized spacial score (nSPS) is 11.7. The van der Waals surface area contributed by atoms with E-state index in [1.807, 2.05) is 28.8 Å². The molecular weight excluding hydrogens is 408 g/mol. The summed E-state index contributed by atoms with van der Waals surface area (Å²) >= 11 is 3.70. The third-order valence-corrected chi connectivity index (χ3v) is 6.68. The standard InChI is InChI=1S/C19H21BrN4OSi/c1-26(2,3)11-10-25-13-24-18(20)17(15-7-5-9-23-19(15)24)14-6-4-8-22-16(14)12-21/h4-9H,10-11,13H2,1-3H3. The molecule has 5 nitrogen and oxygen atoms in total. The number of halogens is 1. The maximum atomic E-state index is 9.43. The van der Waals surface area contributed by atoms with Crippen LogP contribution in [0.15, 0.2) is 41.3 Å². The Bertz CT molecular complexity index is 972. The smallest absolute Gasteiger partial charge is 0.148 e. The molecule has 3 heterocycles. The quantitative estimate of drug-likeness (QED) is 0.407. The molecule has 0 atom stereocenters. The van der Waals surface area contributed by atoms with Crippen LogP contribution in [0.1, 0.15) is 5.69 Å². The fourth-order valence-electron chi connectivity index (χ4n) is 2.75. The molecule has 0 saturated carbocycles. The highest BCUT2D eigenvalue weighted by Crippen LogP contribution is 2.38. The molecule has 26 heavy (non-hydrogen) atoms. The SMILES string of the molecule is C[Si](C)(C)CCOCn1c(Br)c(-c2cccnc2C#N)c2cccnc21. The molecule has 0 radical (unpaired) electrons. The highest BCUT2D eigenvalue weighted by Gasteiger charge is 2.20. The first-order valence-electron chi connectivity index (χ1n) is 8.48. The third-order valence-electron chi connectivity index (χ3n) is 4.15. The summed E-state index contributed by atoms with van der Waals surface area (Å²) in [7, 11) is -1.13. The minimum Gasteiger partial charge on any atom is -0.361 e. The second-order valence-electron chi connectivity index (χ2n) is 7.33. The van der Waals surface area contributed by atoms with Crippen LogP contribution in [0.5, 0.6) is 0 Å². The van der Waals surface area contributed by atoms with Crippen molar-refractivity contribution in [2.45, 2.75) is 32.4 Å². The summed E-state index contributed by atoms with van der Waals surface area (Å²) in [6, 6.07) is 11.0. The van der Waals surface area contributed by atoms with Gasteiger partial charge in [0.15, 0.2) is 0 Å². The van der Waals surface area contributed by atoms with Gasteiger partial charge in [0.1, 0.15) is 24.1 Å². The first kappa shape index (κ1) is 18.8. The van der Waals surface area contributed by atoms with E-state index in [0.717, 1.165) is 39.4 Å². The van der Waals surface area contributed by atoms with Crippen molar-refractivity contribution in [3.05, 3.63) is 47.0 Å². The Morgan fingerprint density at radius 3 is 2.65 bits per heavy atom. The molecule has 0 spiro atoms. The Labute approximate surface area is 162 Å². The van der Waals surface area contributed by atoms with E-state index in [4.69, 9.17) is 4.74 Å². The van der Waals surface area contributed by atoms with Gasteiger partial charge in [0, 0.05) is 43.6 Å². The Balaban J connectivity index is 2.01. The average Bonchev–Trinajstić information content (AvgIpc) is 2.89. The minimum atomic E-state index is -1.13. The van der Waals surface area contributed by atoms with E-state index < -0.39 is 8.07 Å². The van der Waals surface area contributed by atoms with E-state index in [1.165, 1.54) is 0 Å². The lowest BCUT2D eigenvalue weighted by Gasteiger charge is -2.16. The molecule has 0 aliphatic carbocycles. The number of ether oxygens (including phenoxy) is 1. The van der Waals surface area contributed by atoms with Crippen LogP contribution in [-0.2, 0) is 11.5 Å². The van der Waals surface area contributed by atoms with Gasteiger partial charge in [-0.2, -0.15) is 5.26 Å². The first-order chi connectivity index (χ1) is 12.4. The van der Waals surface area contributed by atoms with Crippen molar-refractivity contribution < 1.29 is 4.74 Å². The molecule has 3 rings (SSSR count). The van der Waals surface area contributed by atoms with Crippen LogP contribution in [0.25, 0.3) is 22.2 Å². The van der Waals surface area contributed by atoms with Crippen LogP contribution in [0.4, 0.5) is 0 Å². The van der Waals surface area contributed by atoms with Gasteiger partial charge in [-0.3, -0.25) is 4.57 Å². The van der Waals surface area contributed by atoms with Crippen molar-refractivity contribution in [1.82, 2.24) is 14.5 Å². The van der Waals surface area contributed by atoms with Crippen LogP contribution in [0, 0.1) is 11.3 Å². The first-order valence-corrected chi connectivity index (χ1v) is 13.0. The number of nitriles is 1. The summed E-state index contributed by atoms with van der Waals surface area (Å²) in [5.41, 5.74) is 2.94. The molecule has 0 amide bonds. The summed E-state index contributed by atoms with van der Waals surface area (Å²) in [6.45, 7) is 8.16. The number of aromatic nitrogens is 3. The van der Waals surface area contributed by atoms with E-state index in [0.29, 0.717) is 12.4 Å². The molecule has 0 aliphatic rings. The number of hydrogen-bond acceptors (Lipinski definition) is 4. The van der Waals surface area contributed by atoms with Gasteiger partial charge in [-0.25, -0.2) is 9.97 Å². The van der Waals surface area contributed by atoms with Crippen molar-refractivity contribution >= 4 is 35.0 Å². The van der Waals surface area contributed by atoms with Gasteiger partial charge in [-0.1, -0.05) is 19.6 Å². The van der Waals surface area contributed by atoms with Gasteiger partial charge in [-0.15, -0.1) is 0 Å². The summed E-state index contributed by atoms with van der Waals surface area (Å²) in [4.78, 5) is 8.72. The zero-order valence-corrected chi connectivity index (χ0v) is 17.7. The zero-order chi connectivity index (χ0) is 18.7. The largest absolute Gasteiger partial charge is 0.361 e. The predicted molar refractivity (Wildman–Crippen MR) is 109 cm³/mol. The fourth-order valence-corrected chi connectivity index (χ4v) is 4.20. The lowest BCUT2D eigenvalue weighted by atomic mass is 10.0. The number of hydrogen-bond donors (Lipinski definition) is 0. The van der Waals surface area contributed by atoms with E-state index >= 15 is 0 Å². The van der Waals surface area contributed by atoms with Crippen LogP contribution < -0.4 is 0 Å². The second kappa shape index (κ2) is 7.70. The molecule has 0 aliphatic heterocycles. The van der Waals surface area contributed by atoms with E-state index in [-0.39, 0.29) is 0 Å². The monoisotopic (exact) mass is 428 g/mol. The van der Waals surface area contributed by atoms with E-state index in [2.05, 4.69) is 51.6 Å². The fraction of sp³-hybridized carbons (Fsp3) is 0.316. The Kier molecular flexibility index (Phi) is 5.56. The van der Waals surface area contributed by atoms with Crippen molar-refractivity contribution in [3.8, 4) is 17.2 Å². The van der Waals surface area contributed by atoms with Gasteiger partial charge < -0.3 is 4.74 Å². The van der Waals surface area contributed by atoms with Crippen molar-refractivity contribution in [2.24, 2.45) is 0 Å². The van der Waals surface area contributed by atoms with Crippen LogP contribution in [-0.4, -0.2) is 29.2 Å². The molecule has 134 valence electrons. The van der Waals surface area contributed by atoms with Gasteiger partial charge in [0.05, 0.1) is 4.60 Å². The molecule has 0 aromatic carbocycles. The molecule has 0 N–H and O–H groups in total. The van der Waals surface area contributed by atoms with Gasteiger partial charge in [0.2, 0.25) is 0 Å². The number of nitrogens with zero attached hydrogens (tertiary/aromatic N) is 4. The maximum Gasteiger partial charge on any atom is 0.148 e. The highest BCUT2D eigenvalue weighted by atomic mass is 79.9. The van der Waals surface area contributed by atoms with Crippen molar-refractivity contribution in [2.75, 3.05) is 6.61 Å². The number of rotatable bonds is 6. The predicted octanol–water partition coefficient (Wildman–Crippen LogP) is 5.04. The topological polar surface area (TPSA) is 63.7 Å². The highest BCUT2D eigenvalue weighted by molar-refractivity contribution is 9.10. The minimum absolute atomic E-state index is 0.399. The molecule has 0 fully saturated rings. The van der Waals surface area contributed by atoms with E-state index in [9.17, 15) is 5.26 Å². The Morgan fingerprint density at radius 1 is 1.19 bits per heavy atom. The molecule has 3 aromatic rings. The molecule has 0 saturated heterocycles. The zero-order valence-electron chi connectivity index (χ0n) is 15.2. The average molecular weight is 429 g/mol. The maximum absolute atomic E-state index is 9.43. The molecule has 0 bridgehead atoms. The van der Waals surface area contributed by atoms with Gasteiger partial charge in [0.25, 0.3) is 0 Å². The van der Waals surface area contributed by atoms with Crippen molar-refractivity contribution in [3.63, 3.8) is 0 Å². The number of pyridine rings is 2. The van der Waals surface area contributed by atoms with Crippen LogP contribution >= 0.6 is 15.9 Å². The molecular formula is C19H21BrN4OSi. The van der Waals surface area contributed by atoms with Crippen LogP contribution in [0.3, 0.4) is 0 Å². The molecule has 3 aromatic heterocycles. The molecule has 0 unspecified atom stereocenters. The summed E-state index contributed by atoms with van der Waals surface area (Å²) in [5, 5.41) is 10.4. The molecule has 7 heteroatoms. The van der Waals surface area contributed by atoms with Gasteiger partial charge >= 0.3 is 0 Å². The lowest BCUT2D eigenvalue weighted by Crippen LogP contribution is -2.22. The van der Waals surface area contributed by atoms with E-state index in [1.54, 1.807) is 12.4 Å². The van der Waals surface area contributed by atoms with Crippen molar-refractivity contribution in [1.29, 1.82) is 5.26 Å². The second-order valence-corrected chi connectivity index (χ2v) is 13.7. The van der Waals surface area contributed by atoms with Gasteiger partial charge in [-0.05, 0) is 46.2 Å². The number of fused-ring (bicyclic) bond motifs is 1. The Morgan fingerprint density at radius 2 is 1.92 bits per heavy atom. The Hall–Kier alpha value is -2.01. The summed E-state index contributed by atoms with van der Waals surface area (Å²) < 4.78 is 8.79.